The van der Waals surface area contributed by atoms with Crippen LogP contribution in [0.5, 0.6) is 11.5 Å². The molecule has 0 spiro atoms. The van der Waals surface area contributed by atoms with Crippen LogP contribution in [-0.4, -0.2) is 41.7 Å². The van der Waals surface area contributed by atoms with Crippen molar-refractivity contribution < 1.29 is 29.3 Å². The van der Waals surface area contributed by atoms with Gasteiger partial charge in [0.25, 0.3) is 0 Å². The van der Waals surface area contributed by atoms with Crippen molar-refractivity contribution in [3.63, 3.8) is 0 Å². The normalized spacial score (nSPS) is 16.1. The number of ether oxygens (including phenoxy) is 1. The molecule has 1 heterocycles. The highest BCUT2D eigenvalue weighted by Gasteiger charge is 2.36. The molecule has 1 fully saturated rings. The predicted octanol–water partition coefficient (Wildman–Crippen LogP) is 2.40. The van der Waals surface area contributed by atoms with E-state index in [1.807, 2.05) is 19.1 Å². The van der Waals surface area contributed by atoms with Crippen molar-refractivity contribution in [1.82, 2.24) is 0 Å². The molecular formula is C20H20N2O6. The lowest BCUT2D eigenvalue weighted by Gasteiger charge is -2.20. The SMILES string of the molecule is COc1ccc(C)cc1N1CC(C(=O)Nc2ccc(O)c(C(=O)O)c2)CC1=O. The Bertz CT molecular complexity index is 956. The largest absolute Gasteiger partial charge is 0.507 e. The number of hydrogen-bond donors (Lipinski definition) is 3. The molecule has 1 aliphatic heterocycles. The first-order chi connectivity index (χ1) is 13.3. The van der Waals surface area contributed by atoms with Crippen LogP contribution < -0.4 is 15.0 Å². The Kier molecular flexibility index (Phi) is 5.21. The van der Waals surface area contributed by atoms with E-state index in [2.05, 4.69) is 5.32 Å². The van der Waals surface area contributed by atoms with Gasteiger partial charge < -0.3 is 25.2 Å². The van der Waals surface area contributed by atoms with Crippen LogP contribution in [0.3, 0.4) is 0 Å². The lowest BCUT2D eigenvalue weighted by atomic mass is 10.1. The number of carbonyl (C=O) groups excluding carboxylic acids is 2. The molecule has 146 valence electrons. The van der Waals surface area contributed by atoms with Crippen molar-refractivity contribution in [2.75, 3.05) is 23.9 Å². The Balaban J connectivity index is 1.77. The molecule has 3 N–H and O–H groups in total. The number of phenols is 1. The fourth-order valence-corrected chi connectivity index (χ4v) is 3.16. The second-order valence-corrected chi connectivity index (χ2v) is 6.61. The summed E-state index contributed by atoms with van der Waals surface area (Å²) in [6.45, 7) is 2.09. The number of nitrogens with zero attached hydrogens (tertiary/aromatic N) is 1. The van der Waals surface area contributed by atoms with Gasteiger partial charge in [0.05, 0.1) is 18.7 Å². The molecule has 3 rings (SSSR count). The molecule has 1 saturated heterocycles. The zero-order valence-corrected chi connectivity index (χ0v) is 15.4. The van der Waals surface area contributed by atoms with E-state index in [0.717, 1.165) is 5.56 Å². The van der Waals surface area contributed by atoms with Crippen LogP contribution in [0.15, 0.2) is 36.4 Å². The molecule has 0 saturated carbocycles. The number of aromatic carboxylic acids is 1. The van der Waals surface area contributed by atoms with E-state index in [-0.39, 0.29) is 35.9 Å². The molecule has 2 aromatic rings. The number of hydrogen-bond acceptors (Lipinski definition) is 5. The van der Waals surface area contributed by atoms with Crippen LogP contribution >= 0.6 is 0 Å². The molecule has 1 unspecified atom stereocenters. The van der Waals surface area contributed by atoms with Crippen LogP contribution in [-0.2, 0) is 9.59 Å². The average molecular weight is 384 g/mol. The Labute approximate surface area is 161 Å². The number of amides is 2. The summed E-state index contributed by atoms with van der Waals surface area (Å²) in [5.74, 6) is -2.34. The minimum absolute atomic E-state index is 0.0345. The van der Waals surface area contributed by atoms with Gasteiger partial charge in [-0.3, -0.25) is 9.59 Å². The zero-order chi connectivity index (χ0) is 20.4. The first-order valence-corrected chi connectivity index (χ1v) is 8.62. The molecule has 8 nitrogen and oxygen atoms in total. The molecule has 2 amide bonds. The smallest absolute Gasteiger partial charge is 0.339 e. The van der Waals surface area contributed by atoms with Crippen LogP contribution in [0.25, 0.3) is 0 Å². The maximum absolute atomic E-state index is 12.6. The lowest BCUT2D eigenvalue weighted by Crippen LogP contribution is -2.28. The molecular weight excluding hydrogens is 364 g/mol. The number of carboxylic acids is 1. The van der Waals surface area contributed by atoms with E-state index >= 15 is 0 Å². The van der Waals surface area contributed by atoms with Gasteiger partial charge >= 0.3 is 5.97 Å². The summed E-state index contributed by atoms with van der Waals surface area (Å²) < 4.78 is 5.33. The number of carbonyl (C=O) groups is 3. The minimum atomic E-state index is -1.30. The molecule has 8 heteroatoms. The van der Waals surface area contributed by atoms with Crippen LogP contribution in [0.4, 0.5) is 11.4 Å². The van der Waals surface area contributed by atoms with E-state index in [9.17, 15) is 19.5 Å². The van der Waals surface area contributed by atoms with Gasteiger partial charge in [-0.05, 0) is 42.8 Å². The van der Waals surface area contributed by atoms with Crippen LogP contribution in [0, 0.1) is 12.8 Å². The third kappa shape index (κ3) is 3.75. The van der Waals surface area contributed by atoms with Gasteiger partial charge in [0, 0.05) is 18.7 Å². The Hall–Kier alpha value is -3.55. The number of aryl methyl sites for hydroxylation is 1. The minimum Gasteiger partial charge on any atom is -0.507 e. The Morgan fingerprint density at radius 1 is 1.21 bits per heavy atom. The number of aromatic hydroxyl groups is 1. The number of anilines is 2. The quantitative estimate of drug-likeness (QED) is 0.682. The van der Waals surface area contributed by atoms with Crippen molar-refractivity contribution in [2.24, 2.45) is 5.92 Å². The first kappa shape index (κ1) is 19.2. The third-order valence-electron chi connectivity index (χ3n) is 4.62. The zero-order valence-electron chi connectivity index (χ0n) is 15.4. The molecule has 2 aromatic carbocycles. The van der Waals surface area contributed by atoms with Crippen molar-refractivity contribution in [3.8, 4) is 11.5 Å². The van der Waals surface area contributed by atoms with E-state index in [0.29, 0.717) is 11.4 Å². The second-order valence-electron chi connectivity index (χ2n) is 6.61. The summed E-state index contributed by atoms with van der Waals surface area (Å²) >= 11 is 0. The van der Waals surface area contributed by atoms with Crippen molar-refractivity contribution in [2.45, 2.75) is 13.3 Å². The summed E-state index contributed by atoms with van der Waals surface area (Å²) in [5, 5.41) is 21.2. The van der Waals surface area contributed by atoms with Crippen molar-refractivity contribution in [3.05, 3.63) is 47.5 Å². The number of carboxylic acid groups (broad SMARTS) is 1. The number of benzene rings is 2. The molecule has 1 aliphatic rings. The van der Waals surface area contributed by atoms with Gasteiger partial charge in [0.15, 0.2) is 0 Å². The maximum Gasteiger partial charge on any atom is 0.339 e. The summed E-state index contributed by atoms with van der Waals surface area (Å²) in [7, 11) is 1.52. The van der Waals surface area contributed by atoms with E-state index in [1.54, 1.807) is 6.07 Å². The van der Waals surface area contributed by atoms with Crippen molar-refractivity contribution >= 4 is 29.2 Å². The molecule has 1 atom stereocenters. The number of nitrogens with one attached hydrogen (secondary N) is 1. The van der Waals surface area contributed by atoms with E-state index in [4.69, 9.17) is 9.84 Å². The molecule has 0 aliphatic carbocycles. The maximum atomic E-state index is 12.6. The van der Waals surface area contributed by atoms with Crippen LogP contribution in [0.1, 0.15) is 22.3 Å². The topological polar surface area (TPSA) is 116 Å². The standard InChI is InChI=1S/C20H20N2O6/c1-11-3-6-17(28-2)15(7-11)22-10-12(8-18(22)24)19(25)21-13-4-5-16(23)14(9-13)20(26)27/h3-7,9,12,23H,8,10H2,1-2H3,(H,21,25)(H,26,27). The van der Waals surface area contributed by atoms with Crippen molar-refractivity contribution in [1.29, 1.82) is 0 Å². The highest BCUT2D eigenvalue weighted by atomic mass is 16.5. The Morgan fingerprint density at radius 3 is 2.64 bits per heavy atom. The first-order valence-electron chi connectivity index (χ1n) is 8.62. The van der Waals surface area contributed by atoms with Gasteiger partial charge in [-0.1, -0.05) is 6.07 Å². The highest BCUT2D eigenvalue weighted by Crippen LogP contribution is 2.34. The highest BCUT2D eigenvalue weighted by molar-refractivity contribution is 6.04. The summed E-state index contributed by atoms with van der Waals surface area (Å²) in [5.41, 5.74) is 1.49. The van der Waals surface area contributed by atoms with Gasteiger partial charge in [-0.15, -0.1) is 0 Å². The molecule has 0 bridgehead atoms. The summed E-state index contributed by atoms with van der Waals surface area (Å²) in [6, 6.07) is 9.25. The number of methoxy groups -OCH3 is 1. The van der Waals surface area contributed by atoms with Gasteiger partial charge in [-0.2, -0.15) is 0 Å². The van der Waals surface area contributed by atoms with Gasteiger partial charge in [0.2, 0.25) is 11.8 Å². The van der Waals surface area contributed by atoms with Gasteiger partial charge in [0.1, 0.15) is 17.1 Å². The van der Waals surface area contributed by atoms with Gasteiger partial charge in [-0.25, -0.2) is 4.79 Å². The molecule has 0 radical (unpaired) electrons. The molecule has 0 aromatic heterocycles. The monoisotopic (exact) mass is 384 g/mol. The lowest BCUT2D eigenvalue weighted by molar-refractivity contribution is -0.122. The van der Waals surface area contributed by atoms with E-state index in [1.165, 1.54) is 30.2 Å². The second kappa shape index (κ2) is 7.59. The average Bonchev–Trinajstić information content (AvgIpc) is 3.04. The number of rotatable bonds is 5. The van der Waals surface area contributed by atoms with Crippen LogP contribution in [0.2, 0.25) is 0 Å². The fourth-order valence-electron chi connectivity index (χ4n) is 3.16. The predicted molar refractivity (Wildman–Crippen MR) is 102 cm³/mol. The Morgan fingerprint density at radius 2 is 1.96 bits per heavy atom. The van der Waals surface area contributed by atoms with E-state index < -0.39 is 17.8 Å². The summed E-state index contributed by atoms with van der Waals surface area (Å²) in [6.07, 6.45) is 0.0345. The fraction of sp³-hybridized carbons (Fsp3) is 0.250. The third-order valence-corrected chi connectivity index (χ3v) is 4.62. The summed E-state index contributed by atoms with van der Waals surface area (Å²) in [4.78, 5) is 37.7. The molecule has 28 heavy (non-hydrogen) atoms.